The normalized spacial score (nSPS) is 35.6. The summed E-state index contributed by atoms with van der Waals surface area (Å²) >= 11 is 0. The second-order valence-electron chi connectivity index (χ2n) is 5.08. The molecule has 1 fully saturated rings. The average molecular weight is 292 g/mol. The topological polar surface area (TPSA) is 94.5 Å². The van der Waals surface area contributed by atoms with Gasteiger partial charge in [0.1, 0.15) is 12.2 Å². The van der Waals surface area contributed by atoms with Crippen LogP contribution in [0.3, 0.4) is 0 Å². The largest absolute Gasteiger partial charge is 0.460 e. The molecule has 0 spiro atoms. The van der Waals surface area contributed by atoms with Gasteiger partial charge >= 0.3 is 5.97 Å². The highest BCUT2D eigenvalue weighted by molar-refractivity contribution is 5.66. The summed E-state index contributed by atoms with van der Waals surface area (Å²) in [4.78, 5) is 10.8. The van der Waals surface area contributed by atoms with E-state index in [0.717, 1.165) is 0 Å². The van der Waals surface area contributed by atoms with Crippen molar-refractivity contribution >= 4 is 5.97 Å². The number of rotatable bonds is 6. The van der Waals surface area contributed by atoms with Gasteiger partial charge in [0, 0.05) is 20.0 Å². The van der Waals surface area contributed by atoms with Crippen LogP contribution in [0.4, 0.5) is 0 Å². The van der Waals surface area contributed by atoms with E-state index in [1.807, 2.05) is 0 Å². The molecular weight excluding hydrogens is 268 g/mol. The second kappa shape index (κ2) is 7.90. The number of methoxy groups -OCH3 is 1. The number of ether oxygens (including phenoxy) is 4. The zero-order valence-electron chi connectivity index (χ0n) is 12.3. The standard InChI is InChI=1S/C13H24O7/c1-7(19-9(3)14)5-18-6-10-8(2)11(15)12(16)13(17-4)20-10/h7-8,10-13,15-16H,5-6H2,1-4H3. The molecule has 118 valence electrons. The van der Waals surface area contributed by atoms with Crippen molar-refractivity contribution in [2.24, 2.45) is 5.92 Å². The number of hydrogen-bond donors (Lipinski definition) is 2. The van der Waals surface area contributed by atoms with Crippen molar-refractivity contribution in [3.8, 4) is 0 Å². The van der Waals surface area contributed by atoms with E-state index >= 15 is 0 Å². The molecule has 6 unspecified atom stereocenters. The number of aliphatic hydroxyl groups is 2. The molecule has 1 aliphatic heterocycles. The van der Waals surface area contributed by atoms with Crippen molar-refractivity contribution in [3.05, 3.63) is 0 Å². The third kappa shape index (κ3) is 4.68. The molecule has 0 radical (unpaired) electrons. The van der Waals surface area contributed by atoms with Gasteiger partial charge in [-0.1, -0.05) is 6.92 Å². The molecule has 1 rings (SSSR count). The van der Waals surface area contributed by atoms with Gasteiger partial charge in [0.15, 0.2) is 6.29 Å². The third-order valence-electron chi connectivity index (χ3n) is 3.30. The van der Waals surface area contributed by atoms with Gasteiger partial charge in [-0.25, -0.2) is 0 Å². The monoisotopic (exact) mass is 292 g/mol. The van der Waals surface area contributed by atoms with E-state index in [0.29, 0.717) is 0 Å². The Balaban J connectivity index is 2.40. The molecule has 6 atom stereocenters. The smallest absolute Gasteiger partial charge is 0.302 e. The molecule has 7 nitrogen and oxygen atoms in total. The van der Waals surface area contributed by atoms with E-state index in [9.17, 15) is 15.0 Å². The molecule has 1 saturated heterocycles. The summed E-state index contributed by atoms with van der Waals surface area (Å²) in [5.74, 6) is -0.651. The van der Waals surface area contributed by atoms with Gasteiger partial charge in [-0.3, -0.25) is 4.79 Å². The highest BCUT2D eigenvalue weighted by atomic mass is 16.7. The van der Waals surface area contributed by atoms with E-state index in [2.05, 4.69) is 0 Å². The van der Waals surface area contributed by atoms with Crippen molar-refractivity contribution in [1.82, 2.24) is 0 Å². The van der Waals surface area contributed by atoms with Crippen LogP contribution in [0.25, 0.3) is 0 Å². The molecule has 0 aromatic carbocycles. The van der Waals surface area contributed by atoms with E-state index in [4.69, 9.17) is 18.9 Å². The maximum atomic E-state index is 10.8. The molecular formula is C13H24O7. The molecule has 0 bridgehead atoms. The van der Waals surface area contributed by atoms with Crippen LogP contribution in [0, 0.1) is 5.92 Å². The molecule has 0 aromatic rings. The maximum Gasteiger partial charge on any atom is 0.302 e. The molecule has 0 aliphatic carbocycles. The summed E-state index contributed by atoms with van der Waals surface area (Å²) in [6.45, 7) is 5.29. The fraction of sp³-hybridized carbons (Fsp3) is 0.923. The molecule has 20 heavy (non-hydrogen) atoms. The summed E-state index contributed by atoms with van der Waals surface area (Å²) in [5, 5.41) is 19.7. The Kier molecular flexibility index (Phi) is 6.84. The SMILES string of the molecule is COC1OC(COCC(C)OC(C)=O)C(C)C(O)C1O. The van der Waals surface area contributed by atoms with Crippen LogP contribution in [0.15, 0.2) is 0 Å². The van der Waals surface area contributed by atoms with Crippen LogP contribution in [0.5, 0.6) is 0 Å². The number of hydrogen-bond acceptors (Lipinski definition) is 7. The zero-order valence-corrected chi connectivity index (χ0v) is 12.3. The van der Waals surface area contributed by atoms with Gasteiger partial charge in [0.2, 0.25) is 0 Å². The van der Waals surface area contributed by atoms with Crippen molar-refractivity contribution in [1.29, 1.82) is 0 Å². The first kappa shape index (κ1) is 17.3. The Morgan fingerprint density at radius 3 is 2.55 bits per heavy atom. The Morgan fingerprint density at radius 1 is 1.35 bits per heavy atom. The summed E-state index contributed by atoms with van der Waals surface area (Å²) in [5.41, 5.74) is 0. The highest BCUT2D eigenvalue weighted by Crippen LogP contribution is 2.26. The molecule has 2 N–H and O–H groups in total. The predicted octanol–water partition coefficient (Wildman–Crippen LogP) is -0.316. The first-order valence-electron chi connectivity index (χ1n) is 6.66. The lowest BCUT2D eigenvalue weighted by Gasteiger charge is -2.40. The molecule has 0 amide bonds. The van der Waals surface area contributed by atoms with Gasteiger partial charge in [0.25, 0.3) is 0 Å². The van der Waals surface area contributed by atoms with Gasteiger partial charge < -0.3 is 29.2 Å². The third-order valence-corrected chi connectivity index (χ3v) is 3.30. The molecule has 0 aromatic heterocycles. The van der Waals surface area contributed by atoms with Crippen LogP contribution in [0.2, 0.25) is 0 Å². The lowest BCUT2D eigenvalue weighted by Crippen LogP contribution is -2.55. The number of esters is 1. The lowest BCUT2D eigenvalue weighted by atomic mass is 9.91. The van der Waals surface area contributed by atoms with Gasteiger partial charge in [-0.05, 0) is 6.92 Å². The molecule has 1 aliphatic rings. The minimum absolute atomic E-state index is 0.219. The summed E-state index contributed by atoms with van der Waals surface area (Å²) in [6, 6.07) is 0. The Labute approximate surface area is 118 Å². The Morgan fingerprint density at radius 2 is 2.00 bits per heavy atom. The second-order valence-corrected chi connectivity index (χ2v) is 5.08. The zero-order chi connectivity index (χ0) is 15.3. The molecule has 1 heterocycles. The van der Waals surface area contributed by atoms with Crippen molar-refractivity contribution in [2.45, 2.75) is 51.5 Å². The fourth-order valence-electron chi connectivity index (χ4n) is 2.12. The molecule has 0 saturated carbocycles. The van der Waals surface area contributed by atoms with Crippen LogP contribution >= 0.6 is 0 Å². The average Bonchev–Trinajstić information content (AvgIpc) is 2.38. The lowest BCUT2D eigenvalue weighted by molar-refractivity contribution is -0.282. The summed E-state index contributed by atoms with van der Waals surface area (Å²) in [7, 11) is 1.40. The Hall–Kier alpha value is -0.730. The van der Waals surface area contributed by atoms with Crippen molar-refractivity contribution in [2.75, 3.05) is 20.3 Å². The maximum absolute atomic E-state index is 10.8. The van der Waals surface area contributed by atoms with E-state index < -0.39 is 24.6 Å². The van der Waals surface area contributed by atoms with Crippen LogP contribution in [0.1, 0.15) is 20.8 Å². The van der Waals surface area contributed by atoms with E-state index in [1.165, 1.54) is 14.0 Å². The van der Waals surface area contributed by atoms with Crippen molar-refractivity contribution in [3.63, 3.8) is 0 Å². The van der Waals surface area contributed by atoms with Gasteiger partial charge in [-0.2, -0.15) is 0 Å². The number of carbonyl (C=O) groups is 1. The predicted molar refractivity (Wildman–Crippen MR) is 68.9 cm³/mol. The Bertz CT molecular complexity index is 307. The first-order valence-corrected chi connectivity index (χ1v) is 6.66. The van der Waals surface area contributed by atoms with E-state index in [-0.39, 0.29) is 31.2 Å². The quantitative estimate of drug-likeness (QED) is 0.648. The summed E-state index contributed by atoms with van der Waals surface area (Å²) < 4.78 is 20.9. The fourth-order valence-corrected chi connectivity index (χ4v) is 2.12. The van der Waals surface area contributed by atoms with Crippen LogP contribution in [-0.4, -0.2) is 67.2 Å². The van der Waals surface area contributed by atoms with Crippen LogP contribution in [-0.2, 0) is 23.7 Å². The van der Waals surface area contributed by atoms with Gasteiger partial charge in [-0.15, -0.1) is 0 Å². The van der Waals surface area contributed by atoms with Crippen LogP contribution < -0.4 is 0 Å². The van der Waals surface area contributed by atoms with Gasteiger partial charge in [0.05, 0.1) is 25.4 Å². The van der Waals surface area contributed by atoms with E-state index in [1.54, 1.807) is 13.8 Å². The minimum atomic E-state index is -1.08. The highest BCUT2D eigenvalue weighted by Gasteiger charge is 2.42. The number of carbonyl (C=O) groups excluding carboxylic acids is 1. The number of aliphatic hydroxyl groups excluding tert-OH is 2. The first-order chi connectivity index (χ1) is 9.36. The molecule has 7 heteroatoms. The summed E-state index contributed by atoms with van der Waals surface area (Å²) in [6.07, 6.45) is -3.64. The minimum Gasteiger partial charge on any atom is -0.460 e. The van der Waals surface area contributed by atoms with Crippen molar-refractivity contribution < 1.29 is 34.0 Å².